The van der Waals surface area contributed by atoms with Gasteiger partial charge >= 0.3 is 0 Å². The molecule has 0 aliphatic rings. The molecule has 4 nitrogen and oxygen atoms in total. The van der Waals surface area contributed by atoms with Crippen molar-refractivity contribution in [3.05, 3.63) is 0 Å². The molecule has 4 N–H and O–H groups in total. The van der Waals surface area contributed by atoms with Crippen molar-refractivity contribution < 1.29 is 9.90 Å². The second-order valence-electron chi connectivity index (χ2n) is 4.89. The Kier molecular flexibility index (Phi) is 21.5. The smallest absolute Gasteiger partial charge is 0.300 e. The highest BCUT2D eigenvalue weighted by Gasteiger charge is 1.91. The van der Waals surface area contributed by atoms with E-state index < -0.39 is 5.97 Å². The fourth-order valence-electron chi connectivity index (χ4n) is 1.74. The lowest BCUT2D eigenvalue weighted by atomic mass is 10.1. The van der Waals surface area contributed by atoms with Crippen molar-refractivity contribution in [2.75, 3.05) is 19.6 Å². The quantitative estimate of drug-likeness (QED) is 0.478. The minimum Gasteiger partial charge on any atom is -0.481 e. The number of aliphatic carboxylic acids is 1. The van der Waals surface area contributed by atoms with Gasteiger partial charge in [-0.2, -0.15) is 0 Å². The maximum absolute atomic E-state index is 9.00. The van der Waals surface area contributed by atoms with Gasteiger partial charge in [0, 0.05) is 6.92 Å². The average molecular weight is 274 g/mol. The number of rotatable bonds is 12. The summed E-state index contributed by atoms with van der Waals surface area (Å²) in [5, 5.41) is 10.8. The number of hydrogen-bond acceptors (Lipinski definition) is 3. The first-order valence-electron chi connectivity index (χ1n) is 7.75. The van der Waals surface area contributed by atoms with Crippen LogP contribution in [0.25, 0.3) is 0 Å². The van der Waals surface area contributed by atoms with Gasteiger partial charge in [-0.25, -0.2) is 0 Å². The Bertz CT molecular complexity index is 160. The van der Waals surface area contributed by atoms with Gasteiger partial charge < -0.3 is 16.2 Å². The highest BCUT2D eigenvalue weighted by atomic mass is 16.4. The number of carbonyl (C=O) groups is 1. The molecule has 0 bridgehead atoms. The summed E-state index contributed by atoms with van der Waals surface area (Å²) in [7, 11) is 0. The number of carboxylic acids is 1. The first-order valence-corrected chi connectivity index (χ1v) is 7.75. The molecule has 0 heterocycles. The van der Waals surface area contributed by atoms with Crippen LogP contribution in [0.15, 0.2) is 0 Å². The largest absolute Gasteiger partial charge is 0.481 e. The molecule has 0 aromatic rings. The summed E-state index contributed by atoms with van der Waals surface area (Å²) in [4.78, 5) is 9.00. The Labute approximate surface area is 119 Å². The van der Waals surface area contributed by atoms with E-state index in [-0.39, 0.29) is 0 Å². The molecule has 0 radical (unpaired) electrons. The topological polar surface area (TPSA) is 75.3 Å². The van der Waals surface area contributed by atoms with Gasteiger partial charge in [-0.1, -0.05) is 51.9 Å². The normalized spacial score (nSPS) is 9.84. The first-order chi connectivity index (χ1) is 9.15. The molecular weight excluding hydrogens is 240 g/mol. The van der Waals surface area contributed by atoms with E-state index in [2.05, 4.69) is 12.2 Å². The lowest BCUT2D eigenvalue weighted by molar-refractivity contribution is -0.134. The lowest BCUT2D eigenvalue weighted by Crippen LogP contribution is -2.19. The van der Waals surface area contributed by atoms with E-state index in [1.54, 1.807) is 0 Å². The lowest BCUT2D eigenvalue weighted by Gasteiger charge is -2.03. The summed E-state index contributed by atoms with van der Waals surface area (Å²) >= 11 is 0. The van der Waals surface area contributed by atoms with Gasteiger partial charge in [0.2, 0.25) is 0 Å². The third-order valence-corrected chi connectivity index (χ3v) is 2.76. The van der Waals surface area contributed by atoms with Crippen LogP contribution in [0.2, 0.25) is 0 Å². The highest BCUT2D eigenvalue weighted by Crippen LogP contribution is 2.07. The number of nitrogens with one attached hydrogen (secondary N) is 1. The Morgan fingerprint density at radius 2 is 1.37 bits per heavy atom. The van der Waals surface area contributed by atoms with Crippen molar-refractivity contribution in [3.63, 3.8) is 0 Å². The zero-order chi connectivity index (χ0) is 14.8. The zero-order valence-electron chi connectivity index (χ0n) is 12.9. The van der Waals surface area contributed by atoms with E-state index in [1.807, 2.05) is 0 Å². The van der Waals surface area contributed by atoms with Crippen LogP contribution in [0.1, 0.15) is 71.6 Å². The molecule has 0 aliphatic carbocycles. The molecule has 0 rings (SSSR count). The molecule has 0 amide bonds. The van der Waals surface area contributed by atoms with Crippen LogP contribution >= 0.6 is 0 Å². The molecule has 0 aromatic carbocycles. The molecule has 0 atom stereocenters. The number of hydrogen-bond donors (Lipinski definition) is 3. The molecule has 0 fully saturated rings. The van der Waals surface area contributed by atoms with Gasteiger partial charge in [-0.3, -0.25) is 4.79 Å². The molecule has 19 heavy (non-hydrogen) atoms. The van der Waals surface area contributed by atoms with E-state index in [0.29, 0.717) is 0 Å². The third-order valence-electron chi connectivity index (χ3n) is 2.76. The second-order valence-corrected chi connectivity index (χ2v) is 4.89. The predicted octanol–water partition coefficient (Wildman–Crippen LogP) is 3.16. The monoisotopic (exact) mass is 274 g/mol. The highest BCUT2D eigenvalue weighted by molar-refractivity contribution is 5.62. The van der Waals surface area contributed by atoms with Gasteiger partial charge in [-0.15, -0.1) is 0 Å². The Morgan fingerprint density at radius 1 is 0.947 bits per heavy atom. The van der Waals surface area contributed by atoms with Crippen molar-refractivity contribution in [3.8, 4) is 0 Å². The summed E-state index contributed by atoms with van der Waals surface area (Å²) in [6, 6.07) is 0. The van der Waals surface area contributed by atoms with Crippen molar-refractivity contribution >= 4 is 5.97 Å². The van der Waals surface area contributed by atoms with E-state index in [9.17, 15) is 0 Å². The van der Waals surface area contributed by atoms with Gasteiger partial charge in [-0.05, 0) is 32.5 Å². The zero-order valence-corrected chi connectivity index (χ0v) is 12.9. The molecular formula is C15H34N2O2. The van der Waals surface area contributed by atoms with E-state index in [4.69, 9.17) is 15.6 Å². The van der Waals surface area contributed by atoms with Crippen molar-refractivity contribution in [2.45, 2.75) is 71.6 Å². The summed E-state index contributed by atoms with van der Waals surface area (Å²) in [6.07, 6.45) is 12.3. The fraction of sp³-hybridized carbons (Fsp3) is 0.933. The van der Waals surface area contributed by atoms with Crippen LogP contribution < -0.4 is 11.1 Å². The van der Waals surface area contributed by atoms with E-state index in [1.165, 1.54) is 57.9 Å². The maximum Gasteiger partial charge on any atom is 0.300 e. The van der Waals surface area contributed by atoms with E-state index >= 15 is 0 Å². The summed E-state index contributed by atoms with van der Waals surface area (Å²) < 4.78 is 0. The van der Waals surface area contributed by atoms with Gasteiger partial charge in [0.15, 0.2) is 0 Å². The molecule has 4 heteroatoms. The van der Waals surface area contributed by atoms with Crippen LogP contribution in [-0.2, 0) is 4.79 Å². The van der Waals surface area contributed by atoms with E-state index in [0.717, 1.165) is 26.4 Å². The number of nitrogens with two attached hydrogens (primary N) is 1. The van der Waals surface area contributed by atoms with Crippen LogP contribution in [0.4, 0.5) is 0 Å². The summed E-state index contributed by atoms with van der Waals surface area (Å²) in [6.45, 7) is 6.43. The van der Waals surface area contributed by atoms with Gasteiger partial charge in [0.25, 0.3) is 5.97 Å². The molecule has 0 aromatic heterocycles. The first kappa shape index (κ1) is 20.7. The minimum absolute atomic E-state index is 0.810. The molecule has 0 aliphatic heterocycles. The molecule has 0 saturated carbocycles. The predicted molar refractivity (Wildman–Crippen MR) is 82.5 cm³/mol. The fourth-order valence-corrected chi connectivity index (χ4v) is 1.74. The molecule has 0 saturated heterocycles. The van der Waals surface area contributed by atoms with Crippen LogP contribution in [-0.4, -0.2) is 30.7 Å². The second kappa shape index (κ2) is 19.7. The Morgan fingerprint density at radius 3 is 1.84 bits per heavy atom. The van der Waals surface area contributed by atoms with Crippen molar-refractivity contribution in [1.29, 1.82) is 0 Å². The van der Waals surface area contributed by atoms with Crippen LogP contribution in [0, 0.1) is 0 Å². The van der Waals surface area contributed by atoms with Gasteiger partial charge in [0.05, 0.1) is 0 Å². The molecule has 0 unspecified atom stereocenters. The van der Waals surface area contributed by atoms with Crippen LogP contribution in [0.3, 0.4) is 0 Å². The maximum atomic E-state index is 9.00. The standard InChI is InChI=1S/C13H30N2.C2H4O2/c1-2-3-4-5-6-7-8-9-12-15-13-10-11-14;1-2(3)4/h15H,2-14H2,1H3;1H3,(H,3,4). The van der Waals surface area contributed by atoms with Crippen LogP contribution in [0.5, 0.6) is 0 Å². The minimum atomic E-state index is -0.833. The number of unbranched alkanes of at least 4 members (excludes halogenated alkanes) is 7. The van der Waals surface area contributed by atoms with Crippen molar-refractivity contribution in [1.82, 2.24) is 5.32 Å². The molecule has 0 spiro atoms. The Balaban J connectivity index is 0. The third kappa shape index (κ3) is 31.7. The Hall–Kier alpha value is -0.610. The molecule has 116 valence electrons. The summed E-state index contributed by atoms with van der Waals surface area (Å²) in [5.74, 6) is -0.833. The van der Waals surface area contributed by atoms with Gasteiger partial charge in [0.1, 0.15) is 0 Å². The summed E-state index contributed by atoms with van der Waals surface area (Å²) in [5.41, 5.74) is 5.41. The SMILES string of the molecule is CC(=O)O.CCCCCCCCCCNCCCN. The number of carboxylic acid groups (broad SMARTS) is 1. The van der Waals surface area contributed by atoms with Crippen molar-refractivity contribution in [2.24, 2.45) is 5.73 Å². The average Bonchev–Trinajstić information content (AvgIpc) is 2.35.